The maximum Gasteiger partial charge on any atom is 0.326 e. The van der Waals surface area contributed by atoms with Gasteiger partial charge in [0.25, 0.3) is 0 Å². The van der Waals surface area contributed by atoms with E-state index in [2.05, 4.69) is 9.97 Å². The maximum absolute atomic E-state index is 11.2. The fraction of sp³-hybridized carbons (Fsp3) is 0.308. The van der Waals surface area contributed by atoms with Crippen molar-refractivity contribution < 1.29 is 9.90 Å². The van der Waals surface area contributed by atoms with Gasteiger partial charge >= 0.3 is 5.97 Å². The van der Waals surface area contributed by atoms with Gasteiger partial charge in [0.05, 0.1) is 11.2 Å². The zero-order valence-corrected chi connectivity index (χ0v) is 9.78. The summed E-state index contributed by atoms with van der Waals surface area (Å²) >= 11 is 0. The van der Waals surface area contributed by atoms with E-state index < -0.39 is 12.0 Å². The lowest BCUT2D eigenvalue weighted by atomic mass is 10.2. The number of fused-ring (bicyclic) bond motifs is 1. The number of aromatic nitrogens is 2. The van der Waals surface area contributed by atoms with E-state index in [0.717, 1.165) is 29.7 Å². The Morgan fingerprint density at radius 2 is 2.22 bits per heavy atom. The van der Waals surface area contributed by atoms with Gasteiger partial charge in [-0.05, 0) is 31.0 Å². The fourth-order valence-corrected chi connectivity index (χ4v) is 2.51. The highest BCUT2D eigenvalue weighted by Crippen LogP contribution is 2.30. The third kappa shape index (κ3) is 1.68. The minimum Gasteiger partial charge on any atom is -0.480 e. The molecule has 5 nitrogen and oxygen atoms in total. The highest BCUT2D eigenvalue weighted by atomic mass is 16.4. The molecule has 0 bridgehead atoms. The summed E-state index contributed by atoms with van der Waals surface area (Å²) in [5, 5.41) is 9.24. The number of hydrogen-bond acceptors (Lipinski definition) is 4. The number of nitrogens with zero attached hydrogens (tertiary/aromatic N) is 3. The first-order chi connectivity index (χ1) is 8.77. The normalized spacial score (nSPS) is 19.3. The number of carboxylic acid groups (broad SMARTS) is 1. The van der Waals surface area contributed by atoms with Crippen molar-refractivity contribution in [3.8, 4) is 0 Å². The van der Waals surface area contributed by atoms with Crippen LogP contribution in [0.15, 0.2) is 30.6 Å². The third-order valence-electron chi connectivity index (χ3n) is 3.32. The van der Waals surface area contributed by atoms with Gasteiger partial charge in [0.2, 0.25) is 0 Å². The van der Waals surface area contributed by atoms with Gasteiger partial charge in [0.15, 0.2) is 0 Å². The molecule has 0 radical (unpaired) electrons. The van der Waals surface area contributed by atoms with Gasteiger partial charge in [-0.25, -0.2) is 4.79 Å². The van der Waals surface area contributed by atoms with E-state index in [9.17, 15) is 9.90 Å². The zero-order chi connectivity index (χ0) is 12.5. The molecule has 5 heteroatoms. The summed E-state index contributed by atoms with van der Waals surface area (Å²) in [6, 6.07) is 5.11. The molecule has 1 aliphatic heterocycles. The molecule has 1 saturated heterocycles. The molecule has 3 rings (SSSR count). The topological polar surface area (TPSA) is 66.3 Å². The van der Waals surface area contributed by atoms with E-state index in [0.29, 0.717) is 6.42 Å². The predicted octanol–water partition coefficient (Wildman–Crippen LogP) is 1.68. The van der Waals surface area contributed by atoms with Crippen molar-refractivity contribution in [2.45, 2.75) is 18.9 Å². The quantitative estimate of drug-likeness (QED) is 0.869. The van der Waals surface area contributed by atoms with Crippen molar-refractivity contribution in [1.29, 1.82) is 0 Å². The lowest BCUT2D eigenvalue weighted by Crippen LogP contribution is -2.36. The molecule has 3 heterocycles. The smallest absolute Gasteiger partial charge is 0.326 e. The number of hydrogen-bond donors (Lipinski definition) is 1. The van der Waals surface area contributed by atoms with Crippen LogP contribution in [0, 0.1) is 0 Å². The predicted molar refractivity (Wildman–Crippen MR) is 67.5 cm³/mol. The van der Waals surface area contributed by atoms with Crippen LogP contribution in [0.5, 0.6) is 0 Å². The van der Waals surface area contributed by atoms with Crippen LogP contribution < -0.4 is 4.90 Å². The Bertz CT molecular complexity index is 594. The summed E-state index contributed by atoms with van der Waals surface area (Å²) in [6.07, 6.45) is 5.00. The summed E-state index contributed by atoms with van der Waals surface area (Å²) in [5.74, 6) is -0.770. The van der Waals surface area contributed by atoms with Gasteiger partial charge in [-0.3, -0.25) is 9.97 Å². The van der Waals surface area contributed by atoms with Gasteiger partial charge in [-0.1, -0.05) is 0 Å². The van der Waals surface area contributed by atoms with Gasteiger partial charge in [0, 0.05) is 18.9 Å². The molecule has 0 aliphatic carbocycles. The van der Waals surface area contributed by atoms with E-state index in [1.54, 1.807) is 12.4 Å². The molecule has 1 atom stereocenters. The molecule has 0 saturated carbocycles. The van der Waals surface area contributed by atoms with E-state index in [-0.39, 0.29) is 0 Å². The number of aliphatic carboxylic acids is 1. The molecule has 0 unspecified atom stereocenters. The molecule has 18 heavy (non-hydrogen) atoms. The molecule has 0 aromatic carbocycles. The zero-order valence-electron chi connectivity index (χ0n) is 9.78. The Morgan fingerprint density at radius 3 is 3.06 bits per heavy atom. The second kappa shape index (κ2) is 4.25. The van der Waals surface area contributed by atoms with E-state index in [4.69, 9.17) is 0 Å². The largest absolute Gasteiger partial charge is 0.480 e. The number of carboxylic acids is 1. The standard InChI is InChI=1S/C13H13N3O2/c17-13(18)11-4-2-8-16(11)10-5-7-14-9-3-1-6-15-12(9)10/h1,3,5-7,11H,2,4,8H2,(H,17,18)/t11-/m0/s1. The molecule has 0 spiro atoms. The Kier molecular flexibility index (Phi) is 2.59. The van der Waals surface area contributed by atoms with Crippen molar-refractivity contribution in [3.63, 3.8) is 0 Å². The first-order valence-corrected chi connectivity index (χ1v) is 5.96. The van der Waals surface area contributed by atoms with Gasteiger partial charge in [0.1, 0.15) is 11.6 Å². The van der Waals surface area contributed by atoms with Crippen LogP contribution in [0.3, 0.4) is 0 Å². The molecule has 2 aromatic rings. The Hall–Kier alpha value is -2.17. The van der Waals surface area contributed by atoms with Crippen LogP contribution in [-0.2, 0) is 4.79 Å². The minimum absolute atomic E-state index is 0.447. The van der Waals surface area contributed by atoms with Crippen molar-refractivity contribution >= 4 is 22.7 Å². The lowest BCUT2D eigenvalue weighted by molar-refractivity contribution is -0.138. The second-order valence-corrected chi connectivity index (χ2v) is 4.39. The summed E-state index contributed by atoms with van der Waals surface area (Å²) in [4.78, 5) is 21.7. The van der Waals surface area contributed by atoms with E-state index in [1.807, 2.05) is 23.1 Å². The van der Waals surface area contributed by atoms with Crippen molar-refractivity contribution in [3.05, 3.63) is 30.6 Å². The molecule has 1 fully saturated rings. The van der Waals surface area contributed by atoms with Crippen LogP contribution in [0.25, 0.3) is 11.0 Å². The minimum atomic E-state index is -0.770. The van der Waals surface area contributed by atoms with Gasteiger partial charge < -0.3 is 10.0 Å². The van der Waals surface area contributed by atoms with Crippen LogP contribution in [0.4, 0.5) is 5.69 Å². The fourth-order valence-electron chi connectivity index (χ4n) is 2.51. The van der Waals surface area contributed by atoms with Gasteiger partial charge in [-0.2, -0.15) is 0 Å². The summed E-state index contributed by atoms with van der Waals surface area (Å²) < 4.78 is 0. The maximum atomic E-state index is 11.2. The number of pyridine rings is 2. The average molecular weight is 243 g/mol. The first-order valence-electron chi connectivity index (χ1n) is 5.96. The Labute approximate surface area is 104 Å². The molecule has 1 N–H and O–H groups in total. The van der Waals surface area contributed by atoms with Crippen molar-refractivity contribution in [2.75, 3.05) is 11.4 Å². The lowest BCUT2D eigenvalue weighted by Gasteiger charge is -2.24. The highest BCUT2D eigenvalue weighted by molar-refractivity contribution is 5.90. The number of carbonyl (C=O) groups is 1. The second-order valence-electron chi connectivity index (χ2n) is 4.39. The summed E-state index contributed by atoms with van der Waals surface area (Å²) in [6.45, 7) is 0.757. The first kappa shape index (κ1) is 11.0. The van der Waals surface area contributed by atoms with Crippen molar-refractivity contribution in [2.24, 2.45) is 0 Å². The average Bonchev–Trinajstić information content (AvgIpc) is 2.87. The van der Waals surface area contributed by atoms with Crippen LogP contribution in [0.1, 0.15) is 12.8 Å². The molecular weight excluding hydrogens is 230 g/mol. The van der Waals surface area contributed by atoms with Crippen LogP contribution in [-0.4, -0.2) is 33.6 Å². The molecular formula is C13H13N3O2. The Balaban J connectivity index is 2.11. The highest BCUT2D eigenvalue weighted by Gasteiger charge is 2.31. The number of anilines is 1. The van der Waals surface area contributed by atoms with Crippen molar-refractivity contribution in [1.82, 2.24) is 9.97 Å². The summed E-state index contributed by atoms with van der Waals surface area (Å²) in [5.41, 5.74) is 2.43. The molecule has 2 aromatic heterocycles. The summed E-state index contributed by atoms with van der Waals surface area (Å²) in [7, 11) is 0. The molecule has 1 aliphatic rings. The van der Waals surface area contributed by atoms with Crippen LogP contribution >= 0.6 is 0 Å². The monoisotopic (exact) mass is 243 g/mol. The van der Waals surface area contributed by atoms with E-state index >= 15 is 0 Å². The molecule has 0 amide bonds. The SMILES string of the molecule is O=C(O)[C@@H]1CCCN1c1ccnc2cccnc12. The van der Waals surface area contributed by atoms with Gasteiger partial charge in [-0.15, -0.1) is 0 Å². The third-order valence-corrected chi connectivity index (χ3v) is 3.32. The number of rotatable bonds is 2. The van der Waals surface area contributed by atoms with Crippen LogP contribution in [0.2, 0.25) is 0 Å². The molecule has 92 valence electrons. The Morgan fingerprint density at radius 1 is 1.33 bits per heavy atom. The van der Waals surface area contributed by atoms with E-state index in [1.165, 1.54) is 0 Å².